The van der Waals surface area contributed by atoms with E-state index < -0.39 is 5.97 Å². The largest absolute Gasteiger partial charge is 0.486 e. The molecule has 17 heavy (non-hydrogen) atoms. The average Bonchev–Trinajstić information content (AvgIpc) is 2.80. The van der Waals surface area contributed by atoms with E-state index >= 15 is 0 Å². The van der Waals surface area contributed by atoms with Crippen LogP contribution >= 0.6 is 11.3 Å². The number of hydrogen-bond acceptors (Lipinski definition) is 5. The second-order valence-corrected chi connectivity index (χ2v) is 4.29. The Bertz CT molecular complexity index is 526. The summed E-state index contributed by atoms with van der Waals surface area (Å²) in [7, 11) is 0. The fraction of sp³-hybridized carbons (Fsp3) is 0.0909. The third-order valence-electron chi connectivity index (χ3n) is 2.11. The van der Waals surface area contributed by atoms with Crippen molar-refractivity contribution in [1.29, 1.82) is 0 Å². The number of nitrogens with zero attached hydrogens (tertiary/aromatic N) is 1. The third-order valence-corrected chi connectivity index (χ3v) is 2.86. The normalized spacial score (nSPS) is 10.1. The molecule has 1 heterocycles. The zero-order valence-corrected chi connectivity index (χ0v) is 9.61. The first-order valence-corrected chi connectivity index (χ1v) is 5.68. The molecule has 0 atom stereocenters. The lowest BCUT2D eigenvalue weighted by atomic mass is 10.2. The van der Waals surface area contributed by atoms with Gasteiger partial charge in [-0.1, -0.05) is 0 Å². The maximum absolute atomic E-state index is 10.7. The molecule has 1 aromatic carbocycles. The number of carboxylic acid groups (broad SMARTS) is 1. The Balaban J connectivity index is 2.09. The van der Waals surface area contributed by atoms with Gasteiger partial charge in [-0.2, -0.15) is 0 Å². The van der Waals surface area contributed by atoms with Crippen LogP contribution in [0.4, 0.5) is 5.69 Å². The Labute approximate surface area is 101 Å². The standard InChI is InChI=1S/C11H10N2O3S/c12-9-3-7(11(14)15)1-2-10(9)16-5-8-4-13-6-17-8/h1-4,6H,5,12H2,(H,14,15). The molecule has 0 aliphatic carbocycles. The topological polar surface area (TPSA) is 85.4 Å². The number of ether oxygens (including phenoxy) is 1. The second kappa shape index (κ2) is 4.84. The van der Waals surface area contributed by atoms with Crippen molar-refractivity contribution in [2.24, 2.45) is 0 Å². The lowest BCUT2D eigenvalue weighted by molar-refractivity contribution is 0.0697. The van der Waals surface area contributed by atoms with Crippen LogP contribution in [-0.2, 0) is 6.61 Å². The molecule has 88 valence electrons. The molecule has 0 aliphatic heterocycles. The molecule has 0 spiro atoms. The molecular weight excluding hydrogens is 240 g/mol. The van der Waals surface area contributed by atoms with Crippen molar-refractivity contribution in [3.8, 4) is 5.75 Å². The quantitative estimate of drug-likeness (QED) is 0.810. The molecule has 0 aliphatic rings. The van der Waals surface area contributed by atoms with E-state index in [-0.39, 0.29) is 5.56 Å². The molecule has 0 bridgehead atoms. The minimum atomic E-state index is -1.01. The first-order valence-electron chi connectivity index (χ1n) is 4.80. The van der Waals surface area contributed by atoms with Crippen LogP contribution in [0, 0.1) is 0 Å². The fourth-order valence-corrected chi connectivity index (χ4v) is 1.78. The molecule has 1 aromatic heterocycles. The van der Waals surface area contributed by atoms with Crippen LogP contribution < -0.4 is 10.5 Å². The van der Waals surface area contributed by atoms with Crippen molar-refractivity contribution < 1.29 is 14.6 Å². The number of carbonyl (C=O) groups is 1. The smallest absolute Gasteiger partial charge is 0.335 e. The van der Waals surface area contributed by atoms with E-state index in [1.807, 2.05) is 0 Å². The van der Waals surface area contributed by atoms with Crippen LogP contribution in [0.2, 0.25) is 0 Å². The van der Waals surface area contributed by atoms with Crippen molar-refractivity contribution >= 4 is 23.0 Å². The minimum Gasteiger partial charge on any atom is -0.486 e. The number of rotatable bonds is 4. The highest BCUT2D eigenvalue weighted by Gasteiger charge is 2.07. The predicted octanol–water partition coefficient (Wildman–Crippen LogP) is 2.00. The predicted molar refractivity (Wildman–Crippen MR) is 64.3 cm³/mol. The molecule has 0 fully saturated rings. The van der Waals surface area contributed by atoms with Crippen LogP contribution in [0.3, 0.4) is 0 Å². The van der Waals surface area contributed by atoms with Gasteiger partial charge in [0.15, 0.2) is 0 Å². The number of aromatic nitrogens is 1. The molecule has 2 aromatic rings. The number of anilines is 1. The summed E-state index contributed by atoms with van der Waals surface area (Å²) in [6.45, 7) is 0.376. The Hall–Kier alpha value is -2.08. The van der Waals surface area contributed by atoms with Gasteiger partial charge in [-0.25, -0.2) is 4.79 Å². The van der Waals surface area contributed by atoms with Gasteiger partial charge in [0.1, 0.15) is 12.4 Å². The molecule has 0 saturated heterocycles. The summed E-state index contributed by atoms with van der Waals surface area (Å²) in [6, 6.07) is 4.39. The lowest BCUT2D eigenvalue weighted by Gasteiger charge is -2.08. The van der Waals surface area contributed by atoms with E-state index in [0.717, 1.165) is 4.88 Å². The molecule has 3 N–H and O–H groups in total. The van der Waals surface area contributed by atoms with Gasteiger partial charge in [-0.3, -0.25) is 4.98 Å². The number of aromatic carboxylic acids is 1. The van der Waals surface area contributed by atoms with E-state index in [1.54, 1.807) is 17.8 Å². The van der Waals surface area contributed by atoms with Crippen LogP contribution in [0.15, 0.2) is 29.9 Å². The highest BCUT2D eigenvalue weighted by molar-refractivity contribution is 7.09. The van der Waals surface area contributed by atoms with Gasteiger partial charge in [0.25, 0.3) is 0 Å². The average molecular weight is 250 g/mol. The summed E-state index contributed by atoms with van der Waals surface area (Å²) in [5, 5.41) is 8.78. The summed E-state index contributed by atoms with van der Waals surface area (Å²) in [5.74, 6) is -0.533. The third kappa shape index (κ3) is 2.73. The molecule has 5 nitrogen and oxygen atoms in total. The molecule has 6 heteroatoms. The van der Waals surface area contributed by atoms with Crippen LogP contribution in [0.5, 0.6) is 5.75 Å². The summed E-state index contributed by atoms with van der Waals surface area (Å²) in [6.07, 6.45) is 1.71. The summed E-state index contributed by atoms with van der Waals surface area (Å²) in [4.78, 5) is 15.6. The summed E-state index contributed by atoms with van der Waals surface area (Å²) < 4.78 is 5.47. The second-order valence-electron chi connectivity index (χ2n) is 3.31. The van der Waals surface area contributed by atoms with Crippen LogP contribution in [-0.4, -0.2) is 16.1 Å². The minimum absolute atomic E-state index is 0.146. The van der Waals surface area contributed by atoms with E-state index in [4.69, 9.17) is 15.6 Å². The van der Waals surface area contributed by atoms with E-state index in [1.165, 1.54) is 23.5 Å². The number of nitrogens with two attached hydrogens (primary N) is 1. The van der Waals surface area contributed by atoms with E-state index in [0.29, 0.717) is 18.0 Å². The van der Waals surface area contributed by atoms with Gasteiger partial charge in [0, 0.05) is 6.20 Å². The van der Waals surface area contributed by atoms with Gasteiger partial charge in [-0.05, 0) is 18.2 Å². The number of hydrogen-bond donors (Lipinski definition) is 2. The van der Waals surface area contributed by atoms with E-state index in [2.05, 4.69) is 4.98 Å². The first kappa shape index (κ1) is 11.4. The zero-order chi connectivity index (χ0) is 12.3. The highest BCUT2D eigenvalue weighted by atomic mass is 32.1. The number of thiazole rings is 1. The van der Waals surface area contributed by atoms with Crippen LogP contribution in [0.25, 0.3) is 0 Å². The molecule has 0 radical (unpaired) electrons. The monoisotopic (exact) mass is 250 g/mol. The van der Waals surface area contributed by atoms with Crippen LogP contribution in [0.1, 0.15) is 15.2 Å². The Kier molecular flexibility index (Phi) is 3.24. The maximum Gasteiger partial charge on any atom is 0.335 e. The van der Waals surface area contributed by atoms with Gasteiger partial charge < -0.3 is 15.6 Å². The van der Waals surface area contributed by atoms with Crippen molar-refractivity contribution in [2.45, 2.75) is 6.61 Å². The van der Waals surface area contributed by atoms with Crippen molar-refractivity contribution in [2.75, 3.05) is 5.73 Å². The number of benzene rings is 1. The van der Waals surface area contributed by atoms with Crippen molar-refractivity contribution in [1.82, 2.24) is 4.98 Å². The van der Waals surface area contributed by atoms with Gasteiger partial charge in [0.05, 0.1) is 21.6 Å². The summed E-state index contributed by atoms with van der Waals surface area (Å²) >= 11 is 1.49. The lowest BCUT2D eigenvalue weighted by Crippen LogP contribution is -2.01. The van der Waals surface area contributed by atoms with Gasteiger partial charge in [-0.15, -0.1) is 11.3 Å². The molecule has 0 saturated carbocycles. The Morgan fingerprint density at radius 1 is 1.53 bits per heavy atom. The SMILES string of the molecule is Nc1cc(C(=O)O)ccc1OCc1cncs1. The van der Waals surface area contributed by atoms with Crippen molar-refractivity contribution in [3.05, 3.63) is 40.3 Å². The molecule has 2 rings (SSSR count). The number of carboxylic acids is 1. The maximum atomic E-state index is 10.7. The van der Waals surface area contributed by atoms with Gasteiger partial charge in [0.2, 0.25) is 0 Å². The van der Waals surface area contributed by atoms with Gasteiger partial charge >= 0.3 is 5.97 Å². The first-order chi connectivity index (χ1) is 8.16. The molecule has 0 unspecified atom stereocenters. The fourth-order valence-electron chi connectivity index (χ4n) is 1.28. The zero-order valence-electron chi connectivity index (χ0n) is 8.79. The highest BCUT2D eigenvalue weighted by Crippen LogP contribution is 2.24. The molecular formula is C11H10N2O3S. The Morgan fingerprint density at radius 2 is 2.35 bits per heavy atom. The van der Waals surface area contributed by atoms with Crippen molar-refractivity contribution in [3.63, 3.8) is 0 Å². The molecule has 0 amide bonds. The van der Waals surface area contributed by atoms with E-state index in [9.17, 15) is 4.79 Å². The Morgan fingerprint density at radius 3 is 2.94 bits per heavy atom. The summed E-state index contributed by atoms with van der Waals surface area (Å²) in [5.41, 5.74) is 7.88. The number of nitrogen functional groups attached to an aromatic ring is 1.